The lowest BCUT2D eigenvalue weighted by molar-refractivity contribution is -0.130. The molecule has 1 amide bonds. The van der Waals surface area contributed by atoms with Crippen LogP contribution < -0.4 is 5.73 Å². The zero-order valence-electron chi connectivity index (χ0n) is 13.8. The van der Waals surface area contributed by atoms with Gasteiger partial charge in [-0.1, -0.05) is 31.0 Å². The molecule has 0 saturated carbocycles. The average molecular weight is 357 g/mol. The SMILES string of the molecule is Cl.NCCCCCCC(=O)N1CCC(CSc2ccccc2)C1. The molecular formula is C18H29ClN2OS. The summed E-state index contributed by atoms with van der Waals surface area (Å²) in [6, 6.07) is 10.5. The smallest absolute Gasteiger partial charge is 0.222 e. The molecule has 3 nitrogen and oxygen atoms in total. The molecule has 1 aliphatic heterocycles. The normalized spacial score (nSPS) is 17.1. The number of carbonyl (C=O) groups excluding carboxylic acids is 1. The van der Waals surface area contributed by atoms with Crippen LogP contribution in [0.15, 0.2) is 35.2 Å². The van der Waals surface area contributed by atoms with Crippen molar-refractivity contribution in [2.75, 3.05) is 25.4 Å². The Balaban J connectivity index is 0.00000264. The van der Waals surface area contributed by atoms with Gasteiger partial charge in [0, 0.05) is 30.2 Å². The molecule has 1 heterocycles. The van der Waals surface area contributed by atoms with Gasteiger partial charge in [0.2, 0.25) is 5.91 Å². The Morgan fingerprint density at radius 2 is 1.91 bits per heavy atom. The van der Waals surface area contributed by atoms with Gasteiger partial charge in [0.05, 0.1) is 0 Å². The van der Waals surface area contributed by atoms with E-state index in [2.05, 4.69) is 29.2 Å². The van der Waals surface area contributed by atoms with E-state index in [0.717, 1.165) is 57.5 Å². The highest BCUT2D eigenvalue weighted by Gasteiger charge is 2.25. The van der Waals surface area contributed by atoms with E-state index in [1.807, 2.05) is 17.8 Å². The molecule has 1 aromatic rings. The minimum absolute atomic E-state index is 0. The molecule has 0 radical (unpaired) electrons. The highest BCUT2D eigenvalue weighted by molar-refractivity contribution is 7.99. The first kappa shape index (κ1) is 20.3. The van der Waals surface area contributed by atoms with Gasteiger partial charge in [0.25, 0.3) is 0 Å². The Bertz CT molecular complexity index is 444. The van der Waals surface area contributed by atoms with Crippen LogP contribution in [-0.4, -0.2) is 36.2 Å². The summed E-state index contributed by atoms with van der Waals surface area (Å²) < 4.78 is 0. The van der Waals surface area contributed by atoms with Crippen molar-refractivity contribution in [3.8, 4) is 0 Å². The van der Waals surface area contributed by atoms with Crippen LogP contribution in [0.5, 0.6) is 0 Å². The summed E-state index contributed by atoms with van der Waals surface area (Å²) in [5.74, 6) is 2.11. The van der Waals surface area contributed by atoms with Crippen LogP contribution in [-0.2, 0) is 4.79 Å². The van der Waals surface area contributed by atoms with Crippen molar-refractivity contribution in [1.82, 2.24) is 4.90 Å². The molecule has 1 atom stereocenters. The third kappa shape index (κ3) is 7.60. The van der Waals surface area contributed by atoms with Crippen LogP contribution in [0, 0.1) is 5.92 Å². The summed E-state index contributed by atoms with van der Waals surface area (Å²) in [7, 11) is 0. The maximum Gasteiger partial charge on any atom is 0.222 e. The molecule has 1 fully saturated rings. The van der Waals surface area contributed by atoms with Crippen LogP contribution in [0.2, 0.25) is 0 Å². The molecular weight excluding hydrogens is 328 g/mol. The first-order chi connectivity index (χ1) is 10.8. The van der Waals surface area contributed by atoms with Gasteiger partial charge >= 0.3 is 0 Å². The summed E-state index contributed by atoms with van der Waals surface area (Å²) in [5.41, 5.74) is 5.48. The standard InChI is InChI=1S/C18H28N2OS.ClH/c19-12-7-2-1-6-10-18(21)20-13-11-16(14-20)15-22-17-8-4-3-5-9-17;/h3-5,8-9,16H,1-2,6-7,10-15,19H2;1H. The van der Waals surface area contributed by atoms with E-state index in [0.29, 0.717) is 18.2 Å². The van der Waals surface area contributed by atoms with Gasteiger partial charge < -0.3 is 10.6 Å². The Labute approximate surface area is 150 Å². The number of likely N-dealkylation sites (tertiary alicyclic amines) is 1. The van der Waals surface area contributed by atoms with Crippen molar-refractivity contribution < 1.29 is 4.79 Å². The fourth-order valence-electron chi connectivity index (χ4n) is 2.86. The van der Waals surface area contributed by atoms with Gasteiger partial charge in [-0.15, -0.1) is 24.2 Å². The monoisotopic (exact) mass is 356 g/mol. The van der Waals surface area contributed by atoms with Gasteiger partial charge in [0.1, 0.15) is 0 Å². The van der Waals surface area contributed by atoms with E-state index < -0.39 is 0 Å². The Morgan fingerprint density at radius 3 is 2.65 bits per heavy atom. The maximum absolute atomic E-state index is 12.2. The Hall–Kier alpha value is -0.710. The van der Waals surface area contributed by atoms with Crippen molar-refractivity contribution in [2.24, 2.45) is 11.7 Å². The second-order valence-corrected chi connectivity index (χ2v) is 7.16. The van der Waals surface area contributed by atoms with Crippen molar-refractivity contribution in [2.45, 2.75) is 43.4 Å². The Morgan fingerprint density at radius 1 is 1.17 bits per heavy atom. The van der Waals surface area contributed by atoms with Crippen LogP contribution >= 0.6 is 24.2 Å². The first-order valence-electron chi connectivity index (χ1n) is 8.45. The van der Waals surface area contributed by atoms with Gasteiger partial charge in [-0.05, 0) is 43.9 Å². The number of thioether (sulfide) groups is 1. The fourth-order valence-corrected chi connectivity index (χ4v) is 3.91. The van der Waals surface area contributed by atoms with Crippen molar-refractivity contribution in [3.05, 3.63) is 30.3 Å². The third-order valence-corrected chi connectivity index (χ3v) is 5.46. The van der Waals surface area contributed by atoms with Crippen molar-refractivity contribution in [3.63, 3.8) is 0 Å². The molecule has 130 valence electrons. The number of nitrogens with two attached hydrogens (primary N) is 1. The van der Waals surface area contributed by atoms with Crippen LogP contribution in [0.4, 0.5) is 0 Å². The molecule has 0 bridgehead atoms. The fraction of sp³-hybridized carbons (Fsp3) is 0.611. The molecule has 23 heavy (non-hydrogen) atoms. The maximum atomic E-state index is 12.2. The van der Waals surface area contributed by atoms with Crippen LogP contribution in [0.1, 0.15) is 38.5 Å². The largest absolute Gasteiger partial charge is 0.342 e. The van der Waals surface area contributed by atoms with Gasteiger partial charge in [-0.25, -0.2) is 0 Å². The third-order valence-electron chi connectivity index (χ3n) is 4.21. The summed E-state index contributed by atoms with van der Waals surface area (Å²) >= 11 is 1.91. The van der Waals surface area contributed by atoms with E-state index in [-0.39, 0.29) is 12.4 Å². The van der Waals surface area contributed by atoms with Crippen molar-refractivity contribution >= 4 is 30.1 Å². The molecule has 0 spiro atoms. The topological polar surface area (TPSA) is 46.3 Å². The molecule has 0 aromatic heterocycles. The molecule has 5 heteroatoms. The number of nitrogens with zero attached hydrogens (tertiary/aromatic N) is 1. The highest BCUT2D eigenvalue weighted by atomic mass is 35.5. The number of amides is 1. The highest BCUT2D eigenvalue weighted by Crippen LogP contribution is 2.26. The second kappa shape index (κ2) is 11.8. The van der Waals surface area contributed by atoms with Crippen molar-refractivity contribution in [1.29, 1.82) is 0 Å². The zero-order valence-corrected chi connectivity index (χ0v) is 15.4. The lowest BCUT2D eigenvalue weighted by atomic mass is 10.1. The lowest BCUT2D eigenvalue weighted by Crippen LogP contribution is -2.28. The molecule has 1 unspecified atom stereocenters. The molecule has 2 rings (SSSR count). The lowest BCUT2D eigenvalue weighted by Gasteiger charge is -2.16. The number of benzene rings is 1. The van der Waals surface area contributed by atoms with Crippen LogP contribution in [0.3, 0.4) is 0 Å². The number of unbranched alkanes of at least 4 members (excludes halogenated alkanes) is 3. The summed E-state index contributed by atoms with van der Waals surface area (Å²) in [6.45, 7) is 2.66. The summed E-state index contributed by atoms with van der Waals surface area (Å²) in [5, 5.41) is 0. The number of hydrogen-bond acceptors (Lipinski definition) is 3. The van der Waals surface area contributed by atoms with E-state index in [9.17, 15) is 4.79 Å². The van der Waals surface area contributed by atoms with Gasteiger partial charge in [0.15, 0.2) is 0 Å². The molecule has 2 N–H and O–H groups in total. The summed E-state index contributed by atoms with van der Waals surface area (Å²) in [6.07, 6.45) is 6.24. The number of hydrogen-bond donors (Lipinski definition) is 1. The minimum atomic E-state index is 0. The number of rotatable bonds is 9. The molecule has 1 aliphatic rings. The predicted octanol–water partition coefficient (Wildman–Crippen LogP) is 3.96. The molecule has 1 saturated heterocycles. The zero-order chi connectivity index (χ0) is 15.6. The average Bonchev–Trinajstić information content (AvgIpc) is 3.03. The van der Waals surface area contributed by atoms with E-state index in [1.165, 1.54) is 4.90 Å². The number of halogens is 1. The van der Waals surface area contributed by atoms with E-state index >= 15 is 0 Å². The quantitative estimate of drug-likeness (QED) is 0.538. The molecule has 0 aliphatic carbocycles. The number of carbonyl (C=O) groups is 1. The summed E-state index contributed by atoms with van der Waals surface area (Å²) in [4.78, 5) is 15.6. The van der Waals surface area contributed by atoms with Crippen LogP contribution in [0.25, 0.3) is 0 Å². The molecule has 1 aromatic carbocycles. The first-order valence-corrected chi connectivity index (χ1v) is 9.44. The predicted molar refractivity (Wildman–Crippen MR) is 101 cm³/mol. The van der Waals surface area contributed by atoms with E-state index in [4.69, 9.17) is 5.73 Å². The minimum Gasteiger partial charge on any atom is -0.342 e. The van der Waals surface area contributed by atoms with Gasteiger partial charge in [-0.2, -0.15) is 0 Å². The second-order valence-electron chi connectivity index (χ2n) is 6.07. The van der Waals surface area contributed by atoms with Gasteiger partial charge in [-0.3, -0.25) is 4.79 Å². The Kier molecular flexibility index (Phi) is 10.4. The van der Waals surface area contributed by atoms with E-state index in [1.54, 1.807) is 0 Å².